The van der Waals surface area contributed by atoms with Crippen LogP contribution in [0.1, 0.15) is 24.9 Å². The van der Waals surface area contributed by atoms with Crippen molar-refractivity contribution in [3.8, 4) is 0 Å². The minimum atomic E-state index is 0.513. The van der Waals surface area contributed by atoms with Gasteiger partial charge in [-0.15, -0.1) is 0 Å². The molecule has 0 aliphatic heterocycles. The van der Waals surface area contributed by atoms with Crippen LogP contribution >= 0.6 is 0 Å². The number of nitrogen functional groups attached to an aromatic ring is 1. The first kappa shape index (κ1) is 13.3. The monoisotopic (exact) mass is 260 g/mol. The number of nitrogens with two attached hydrogens (primary N) is 1. The van der Waals surface area contributed by atoms with Gasteiger partial charge in [0, 0.05) is 38.7 Å². The van der Waals surface area contributed by atoms with Crippen molar-refractivity contribution in [2.45, 2.75) is 26.2 Å². The second kappa shape index (κ2) is 6.17. The van der Waals surface area contributed by atoms with Crippen molar-refractivity contribution in [1.82, 2.24) is 19.7 Å². The van der Waals surface area contributed by atoms with E-state index in [4.69, 9.17) is 5.73 Å². The molecule has 0 saturated heterocycles. The number of rotatable bonds is 6. The number of aryl methyl sites for hydroxylation is 2. The highest BCUT2D eigenvalue weighted by molar-refractivity contribution is 5.44. The molecule has 0 aliphatic rings. The molecule has 2 rings (SSSR count). The highest BCUT2D eigenvalue weighted by atomic mass is 15.2. The zero-order valence-corrected chi connectivity index (χ0v) is 11.4. The van der Waals surface area contributed by atoms with E-state index in [0.717, 1.165) is 43.1 Å². The van der Waals surface area contributed by atoms with Crippen molar-refractivity contribution in [3.63, 3.8) is 0 Å². The van der Waals surface area contributed by atoms with Crippen molar-refractivity contribution >= 4 is 11.6 Å². The molecule has 0 saturated carbocycles. The van der Waals surface area contributed by atoms with E-state index in [2.05, 4.69) is 27.3 Å². The Morgan fingerprint density at radius 3 is 2.84 bits per heavy atom. The van der Waals surface area contributed by atoms with Crippen LogP contribution in [0.25, 0.3) is 0 Å². The molecule has 6 heteroatoms. The van der Waals surface area contributed by atoms with E-state index >= 15 is 0 Å². The van der Waals surface area contributed by atoms with Crippen LogP contribution in [0.15, 0.2) is 18.3 Å². The molecule has 0 fully saturated rings. The molecular formula is C13H20N6. The van der Waals surface area contributed by atoms with E-state index in [1.807, 2.05) is 19.3 Å². The minimum Gasteiger partial charge on any atom is -0.384 e. The Morgan fingerprint density at radius 2 is 2.16 bits per heavy atom. The number of nitrogens with one attached hydrogen (secondary N) is 1. The first-order valence-electron chi connectivity index (χ1n) is 6.53. The summed E-state index contributed by atoms with van der Waals surface area (Å²) in [4.78, 5) is 8.64. The Hall–Kier alpha value is -2.11. The van der Waals surface area contributed by atoms with Crippen LogP contribution in [-0.4, -0.2) is 26.3 Å². The van der Waals surface area contributed by atoms with Crippen LogP contribution in [0.2, 0.25) is 0 Å². The summed E-state index contributed by atoms with van der Waals surface area (Å²) in [5.41, 5.74) is 6.83. The maximum Gasteiger partial charge on any atom is 0.133 e. The van der Waals surface area contributed by atoms with E-state index in [1.54, 1.807) is 10.7 Å². The van der Waals surface area contributed by atoms with Gasteiger partial charge >= 0.3 is 0 Å². The van der Waals surface area contributed by atoms with Crippen molar-refractivity contribution in [2.24, 2.45) is 7.05 Å². The van der Waals surface area contributed by atoms with Crippen LogP contribution in [0.5, 0.6) is 0 Å². The van der Waals surface area contributed by atoms with Crippen molar-refractivity contribution in [3.05, 3.63) is 29.8 Å². The molecule has 2 heterocycles. The molecule has 19 heavy (non-hydrogen) atoms. The summed E-state index contributed by atoms with van der Waals surface area (Å²) in [6.07, 6.45) is 4.65. The van der Waals surface area contributed by atoms with Gasteiger partial charge in [0.1, 0.15) is 17.5 Å². The van der Waals surface area contributed by atoms with Gasteiger partial charge in [0.15, 0.2) is 0 Å². The fraction of sp³-hybridized carbons (Fsp3) is 0.462. The first-order chi connectivity index (χ1) is 9.17. The van der Waals surface area contributed by atoms with E-state index < -0.39 is 0 Å². The van der Waals surface area contributed by atoms with Gasteiger partial charge in [-0.25, -0.2) is 9.97 Å². The van der Waals surface area contributed by atoms with E-state index in [-0.39, 0.29) is 0 Å². The zero-order valence-electron chi connectivity index (χ0n) is 11.4. The summed E-state index contributed by atoms with van der Waals surface area (Å²) in [5.74, 6) is 2.09. The summed E-state index contributed by atoms with van der Waals surface area (Å²) in [5, 5.41) is 7.59. The lowest BCUT2D eigenvalue weighted by Gasteiger charge is -2.07. The third kappa shape index (κ3) is 3.94. The molecule has 0 amide bonds. The first-order valence-corrected chi connectivity index (χ1v) is 6.53. The van der Waals surface area contributed by atoms with E-state index in [1.165, 1.54) is 0 Å². The number of aromatic nitrogens is 4. The third-order valence-corrected chi connectivity index (χ3v) is 2.72. The molecule has 0 atom stereocenters. The van der Waals surface area contributed by atoms with Crippen LogP contribution in [0, 0.1) is 0 Å². The molecule has 0 aromatic carbocycles. The summed E-state index contributed by atoms with van der Waals surface area (Å²) >= 11 is 0. The molecule has 0 spiro atoms. The van der Waals surface area contributed by atoms with Crippen LogP contribution in [0.4, 0.5) is 11.6 Å². The fourth-order valence-electron chi connectivity index (χ4n) is 1.86. The summed E-state index contributed by atoms with van der Waals surface area (Å²) in [7, 11) is 1.92. The molecular weight excluding hydrogens is 240 g/mol. The summed E-state index contributed by atoms with van der Waals surface area (Å²) < 4.78 is 1.80. The van der Waals surface area contributed by atoms with Gasteiger partial charge in [0.2, 0.25) is 0 Å². The topological polar surface area (TPSA) is 81.6 Å². The second-order valence-electron chi connectivity index (χ2n) is 4.50. The average Bonchev–Trinajstić information content (AvgIpc) is 2.75. The smallest absolute Gasteiger partial charge is 0.133 e. The molecule has 0 unspecified atom stereocenters. The van der Waals surface area contributed by atoms with Crippen molar-refractivity contribution < 1.29 is 0 Å². The van der Waals surface area contributed by atoms with E-state index in [0.29, 0.717) is 5.82 Å². The average molecular weight is 260 g/mol. The van der Waals surface area contributed by atoms with Gasteiger partial charge < -0.3 is 11.1 Å². The molecule has 3 N–H and O–H groups in total. The fourth-order valence-corrected chi connectivity index (χ4v) is 1.86. The van der Waals surface area contributed by atoms with Gasteiger partial charge in [-0.2, -0.15) is 5.10 Å². The molecule has 6 nitrogen and oxygen atoms in total. The number of anilines is 2. The second-order valence-corrected chi connectivity index (χ2v) is 4.50. The summed E-state index contributed by atoms with van der Waals surface area (Å²) in [6, 6.07) is 3.77. The maximum absolute atomic E-state index is 5.77. The minimum absolute atomic E-state index is 0.513. The largest absolute Gasteiger partial charge is 0.384 e. The van der Waals surface area contributed by atoms with Gasteiger partial charge in [0.25, 0.3) is 0 Å². The standard InChI is InChI=1S/C13H20N6/c1-3-4-12-16-11(14)9-13(17-12)15-7-5-10-6-8-19(2)18-10/h6,8-9H,3-5,7H2,1-2H3,(H3,14,15,16,17). The summed E-state index contributed by atoms with van der Waals surface area (Å²) in [6.45, 7) is 2.87. The SMILES string of the molecule is CCCc1nc(N)cc(NCCc2ccn(C)n2)n1. The molecule has 2 aromatic rings. The molecule has 0 aliphatic carbocycles. The highest BCUT2D eigenvalue weighted by Crippen LogP contribution is 2.09. The number of nitrogens with zero attached hydrogens (tertiary/aromatic N) is 4. The Bertz CT molecular complexity index is 534. The number of hydrogen-bond acceptors (Lipinski definition) is 5. The Morgan fingerprint density at radius 1 is 1.32 bits per heavy atom. The third-order valence-electron chi connectivity index (χ3n) is 2.72. The lowest BCUT2D eigenvalue weighted by molar-refractivity contribution is 0.741. The molecule has 102 valence electrons. The van der Waals surface area contributed by atoms with Gasteiger partial charge in [-0.3, -0.25) is 4.68 Å². The Balaban J connectivity index is 1.91. The molecule has 2 aromatic heterocycles. The van der Waals surface area contributed by atoms with Crippen LogP contribution in [-0.2, 0) is 19.9 Å². The van der Waals surface area contributed by atoms with Crippen molar-refractivity contribution in [1.29, 1.82) is 0 Å². The normalized spacial score (nSPS) is 10.6. The van der Waals surface area contributed by atoms with Crippen LogP contribution in [0.3, 0.4) is 0 Å². The zero-order chi connectivity index (χ0) is 13.7. The van der Waals surface area contributed by atoms with Gasteiger partial charge in [-0.05, 0) is 12.5 Å². The predicted molar refractivity (Wildman–Crippen MR) is 75.8 cm³/mol. The quantitative estimate of drug-likeness (QED) is 0.820. The predicted octanol–water partition coefficient (Wildman–Crippen LogP) is 1.40. The molecule has 0 radical (unpaired) electrons. The van der Waals surface area contributed by atoms with Gasteiger partial charge in [-0.1, -0.05) is 6.92 Å². The van der Waals surface area contributed by atoms with E-state index in [9.17, 15) is 0 Å². The van der Waals surface area contributed by atoms with Crippen LogP contribution < -0.4 is 11.1 Å². The van der Waals surface area contributed by atoms with Gasteiger partial charge in [0.05, 0.1) is 5.69 Å². The Kier molecular flexibility index (Phi) is 4.33. The highest BCUT2D eigenvalue weighted by Gasteiger charge is 2.02. The lowest BCUT2D eigenvalue weighted by atomic mass is 10.3. The lowest BCUT2D eigenvalue weighted by Crippen LogP contribution is -2.10. The molecule has 0 bridgehead atoms. The Labute approximate surface area is 113 Å². The number of hydrogen-bond donors (Lipinski definition) is 2. The van der Waals surface area contributed by atoms with Crippen molar-refractivity contribution in [2.75, 3.05) is 17.6 Å². The maximum atomic E-state index is 5.77.